The third kappa shape index (κ3) is 14.3. The van der Waals surface area contributed by atoms with E-state index in [4.69, 9.17) is 23.4 Å². The lowest BCUT2D eigenvalue weighted by molar-refractivity contribution is -0.0981. The summed E-state index contributed by atoms with van der Waals surface area (Å²) < 4.78 is 32.3. The summed E-state index contributed by atoms with van der Waals surface area (Å²) in [4.78, 5) is 0. The number of hydrogen-bond acceptors (Lipinski definition) is 5. The number of rotatable bonds is 25. The molecule has 344 valence electrons. The molecule has 0 aromatic heterocycles. The zero-order chi connectivity index (χ0) is 46.2. The predicted octanol–water partition coefficient (Wildman–Crippen LogP) is 13.4. The average Bonchev–Trinajstić information content (AvgIpc) is 3.27. The molecule has 0 heterocycles. The second-order valence-corrected chi connectivity index (χ2v) is 27.9. The van der Waals surface area contributed by atoms with Gasteiger partial charge in [0.1, 0.15) is 35.7 Å². The van der Waals surface area contributed by atoms with Gasteiger partial charge in [-0.2, -0.15) is 0 Å². The first-order chi connectivity index (χ1) is 30.0. The molecule has 4 aromatic rings. The van der Waals surface area contributed by atoms with Gasteiger partial charge in [0.15, 0.2) is 8.32 Å². The molecule has 0 bridgehead atoms. The lowest BCUT2D eigenvalue weighted by atomic mass is 9.81. The molecule has 0 aliphatic heterocycles. The zero-order valence-electron chi connectivity index (χ0n) is 41.3. The van der Waals surface area contributed by atoms with E-state index in [1.165, 1.54) is 21.5 Å². The molecule has 7 heteroatoms. The van der Waals surface area contributed by atoms with E-state index in [0.29, 0.717) is 6.61 Å². The van der Waals surface area contributed by atoms with E-state index in [1.54, 1.807) is 14.2 Å². The van der Waals surface area contributed by atoms with Gasteiger partial charge in [-0.25, -0.2) is 0 Å². The summed E-state index contributed by atoms with van der Waals surface area (Å²) in [5.41, 5.74) is 2.49. The van der Waals surface area contributed by atoms with Gasteiger partial charge in [-0.05, 0) is 97.9 Å². The number of ether oxygens (including phenoxy) is 4. The van der Waals surface area contributed by atoms with Gasteiger partial charge >= 0.3 is 0 Å². The molecule has 8 atom stereocenters. The predicted molar refractivity (Wildman–Crippen MR) is 274 cm³/mol. The first-order valence-electron chi connectivity index (χ1n) is 23.4. The van der Waals surface area contributed by atoms with E-state index in [0.717, 1.165) is 30.3 Å². The van der Waals surface area contributed by atoms with Crippen LogP contribution in [0.2, 0.25) is 18.1 Å². The minimum absolute atomic E-state index is 0.00427. The fraction of sp³-hybridized carbons (Fsp3) is 0.500. The number of hydrogen-bond donors (Lipinski definition) is 0. The quantitative estimate of drug-likeness (QED) is 0.0287. The highest BCUT2D eigenvalue weighted by Gasteiger charge is 2.48. The molecule has 0 radical (unpaired) electrons. The summed E-state index contributed by atoms with van der Waals surface area (Å²) in [7, 11) is -0.825. The first-order valence-corrected chi connectivity index (χ1v) is 28.3. The van der Waals surface area contributed by atoms with Gasteiger partial charge in [-0.3, -0.25) is 0 Å². The fourth-order valence-corrected chi connectivity index (χ4v) is 15.3. The summed E-state index contributed by atoms with van der Waals surface area (Å²) in [5, 5.41) is 4.23. The SMILES string of the molecule is CC/C=C\[C@H](C)[C@H](OCc1ccc(OC)cc1)[C@@H](C)[C@H](O[Si](C)(C)C(C)(C)C)[C@@H](C)C/C(C)=C\[C@H](C)[C@@H](OCOC)[C@@H](C)C[P+](c1ccccc1)(c1ccccc1)c1ccccc1. The summed E-state index contributed by atoms with van der Waals surface area (Å²) in [6.07, 6.45) is 9.85. The lowest BCUT2D eigenvalue weighted by Gasteiger charge is -2.45. The Balaban J connectivity index is 1.69. The summed E-state index contributed by atoms with van der Waals surface area (Å²) >= 11 is 0. The van der Waals surface area contributed by atoms with Crippen LogP contribution in [0.25, 0.3) is 0 Å². The van der Waals surface area contributed by atoms with Crippen molar-refractivity contribution in [1.82, 2.24) is 0 Å². The van der Waals surface area contributed by atoms with E-state index in [9.17, 15) is 0 Å². The Labute approximate surface area is 385 Å². The maximum atomic E-state index is 7.52. The third-order valence-corrected chi connectivity index (χ3v) is 22.6. The van der Waals surface area contributed by atoms with Crippen molar-refractivity contribution < 1.29 is 23.4 Å². The van der Waals surface area contributed by atoms with Gasteiger partial charge in [-0.1, -0.05) is 153 Å². The maximum Gasteiger partial charge on any atom is 0.192 e. The molecule has 0 saturated carbocycles. The van der Waals surface area contributed by atoms with Crippen LogP contribution in [0.15, 0.2) is 139 Å². The molecule has 4 rings (SSSR count). The van der Waals surface area contributed by atoms with Gasteiger partial charge in [-0.15, -0.1) is 0 Å². The molecule has 0 aliphatic rings. The molecule has 0 unspecified atom stereocenters. The van der Waals surface area contributed by atoms with Crippen molar-refractivity contribution in [2.24, 2.45) is 29.6 Å². The molecule has 0 amide bonds. The topological polar surface area (TPSA) is 46.2 Å². The smallest absolute Gasteiger partial charge is 0.192 e. The highest BCUT2D eigenvalue weighted by Crippen LogP contribution is 2.57. The number of benzene rings is 4. The van der Waals surface area contributed by atoms with Gasteiger partial charge in [0, 0.05) is 30.8 Å². The molecular weight excluding hydrogens is 812 g/mol. The van der Waals surface area contributed by atoms with E-state index < -0.39 is 15.6 Å². The fourth-order valence-electron chi connectivity index (χ4n) is 9.17. The van der Waals surface area contributed by atoms with Crippen LogP contribution >= 0.6 is 7.26 Å². The van der Waals surface area contributed by atoms with Crippen LogP contribution in [0.1, 0.15) is 87.6 Å². The number of allylic oxidation sites excluding steroid dienone is 2. The molecule has 0 saturated heterocycles. The van der Waals surface area contributed by atoms with Crippen molar-refractivity contribution in [2.45, 2.75) is 125 Å². The number of methoxy groups -OCH3 is 2. The van der Waals surface area contributed by atoms with Crippen molar-refractivity contribution in [1.29, 1.82) is 0 Å². The standard InChI is InChI=1S/C56H82O5PSi/c1-15-16-26-43(3)54(59-39-48-33-35-49(58-12)36-34-48)47(7)55(61-63(13,14)56(8,9)10)45(5)38-42(2)37-44(4)53(60-41-57-11)46(6)40-62(50-27-20-17-21-28-50,51-29-22-18-23-30-51)52-31-24-19-25-32-52/h16-37,43-47,53-55H,15,38-41H2,1-14H3/q+1/b26-16-,42-37-/t43-,44-,45-,46-,47+,53+,54-,55+/m0/s1. The molecule has 0 fully saturated rings. The van der Waals surface area contributed by atoms with Gasteiger partial charge in [0.2, 0.25) is 0 Å². The second-order valence-electron chi connectivity index (χ2n) is 19.6. The Kier molecular flexibility index (Phi) is 20.6. The minimum atomic E-state index is -2.17. The van der Waals surface area contributed by atoms with Gasteiger partial charge < -0.3 is 23.4 Å². The largest absolute Gasteiger partial charge is 0.497 e. The molecule has 63 heavy (non-hydrogen) atoms. The Morgan fingerprint density at radius 2 is 1.19 bits per heavy atom. The average molecular weight is 894 g/mol. The Bertz CT molecular complexity index is 1850. The summed E-state index contributed by atoms with van der Waals surface area (Å²) in [5.74, 6) is 1.80. The highest BCUT2D eigenvalue weighted by atomic mass is 31.2. The molecule has 4 aromatic carbocycles. The second kappa shape index (κ2) is 24.8. The molecule has 0 spiro atoms. The van der Waals surface area contributed by atoms with Crippen LogP contribution < -0.4 is 20.7 Å². The lowest BCUT2D eigenvalue weighted by Crippen LogP contribution is -2.50. The third-order valence-electron chi connectivity index (χ3n) is 13.4. The molecule has 0 aliphatic carbocycles. The summed E-state index contributed by atoms with van der Waals surface area (Å²) in [6.45, 7) is 28.9. The van der Waals surface area contributed by atoms with Crippen molar-refractivity contribution in [3.05, 3.63) is 145 Å². The van der Waals surface area contributed by atoms with Crippen LogP contribution in [0, 0.1) is 29.6 Å². The monoisotopic (exact) mass is 894 g/mol. The van der Waals surface area contributed by atoms with Gasteiger partial charge in [0.25, 0.3) is 0 Å². The van der Waals surface area contributed by atoms with E-state index in [-0.39, 0.29) is 59.7 Å². The van der Waals surface area contributed by atoms with Crippen molar-refractivity contribution in [2.75, 3.05) is 27.2 Å². The summed E-state index contributed by atoms with van der Waals surface area (Å²) in [6, 6.07) is 41.7. The van der Waals surface area contributed by atoms with E-state index >= 15 is 0 Å². The Hall–Kier alpha value is -3.35. The maximum absolute atomic E-state index is 7.52. The van der Waals surface area contributed by atoms with Crippen molar-refractivity contribution in [3.63, 3.8) is 0 Å². The van der Waals surface area contributed by atoms with E-state index in [2.05, 4.69) is 204 Å². The Morgan fingerprint density at radius 1 is 0.667 bits per heavy atom. The normalized spacial score (nSPS) is 16.8. The zero-order valence-corrected chi connectivity index (χ0v) is 43.2. The van der Waals surface area contributed by atoms with Crippen LogP contribution in [0.4, 0.5) is 0 Å². The van der Waals surface area contributed by atoms with Crippen LogP contribution in [-0.2, 0) is 25.2 Å². The van der Waals surface area contributed by atoms with Crippen LogP contribution in [0.3, 0.4) is 0 Å². The Morgan fingerprint density at radius 3 is 1.65 bits per heavy atom. The van der Waals surface area contributed by atoms with Crippen LogP contribution in [0.5, 0.6) is 5.75 Å². The van der Waals surface area contributed by atoms with Crippen LogP contribution in [-0.4, -0.2) is 53.8 Å². The minimum Gasteiger partial charge on any atom is -0.497 e. The van der Waals surface area contributed by atoms with E-state index in [1.807, 2.05) is 12.1 Å². The van der Waals surface area contributed by atoms with Gasteiger partial charge in [0.05, 0.1) is 38.2 Å². The highest BCUT2D eigenvalue weighted by molar-refractivity contribution is 7.95. The molecule has 0 N–H and O–H groups in total. The molecule has 5 nitrogen and oxygen atoms in total. The van der Waals surface area contributed by atoms with Crippen molar-refractivity contribution in [3.8, 4) is 5.75 Å². The van der Waals surface area contributed by atoms with Crippen molar-refractivity contribution >= 4 is 31.5 Å². The first kappa shape index (κ1) is 52.3. The molecular formula is C56H82O5PSi+.